The highest BCUT2D eigenvalue weighted by molar-refractivity contribution is 5.95. The van der Waals surface area contributed by atoms with Gasteiger partial charge in [-0.25, -0.2) is 0 Å². The Morgan fingerprint density at radius 3 is 2.90 bits per heavy atom. The Kier molecular flexibility index (Phi) is 5.01. The van der Waals surface area contributed by atoms with Crippen LogP contribution in [0.1, 0.15) is 48.5 Å². The van der Waals surface area contributed by atoms with Gasteiger partial charge >= 0.3 is 0 Å². The van der Waals surface area contributed by atoms with Crippen LogP contribution in [-0.4, -0.2) is 30.4 Å². The second-order valence-corrected chi connectivity index (χ2v) is 5.52. The van der Waals surface area contributed by atoms with Gasteiger partial charge in [0.05, 0.1) is 0 Å². The van der Waals surface area contributed by atoms with E-state index in [0.717, 1.165) is 18.7 Å². The molecule has 1 aliphatic heterocycles. The normalized spacial score (nSPS) is 19.8. The van der Waals surface area contributed by atoms with Gasteiger partial charge in [-0.15, -0.1) is 0 Å². The first kappa shape index (κ1) is 14.9. The lowest BCUT2D eigenvalue weighted by Gasteiger charge is -2.35. The zero-order valence-electron chi connectivity index (χ0n) is 12.5. The topological polar surface area (TPSA) is 58.4 Å². The van der Waals surface area contributed by atoms with Gasteiger partial charge in [-0.05, 0) is 43.5 Å². The van der Waals surface area contributed by atoms with Gasteiger partial charge in [-0.1, -0.05) is 19.4 Å². The van der Waals surface area contributed by atoms with Crippen LogP contribution in [0.4, 0.5) is 5.69 Å². The van der Waals surface area contributed by atoms with Crippen LogP contribution in [0.25, 0.3) is 0 Å². The number of likely N-dealkylation sites (tertiary alicyclic amines) is 1. The summed E-state index contributed by atoms with van der Waals surface area (Å²) >= 11 is 0. The highest BCUT2D eigenvalue weighted by Gasteiger charge is 2.21. The summed E-state index contributed by atoms with van der Waals surface area (Å²) in [6, 6.07) is 6.29. The minimum Gasteiger partial charge on any atom is -0.398 e. The first-order chi connectivity index (χ1) is 9.65. The fraction of sp³-hybridized carbons (Fsp3) is 0.562. The Morgan fingerprint density at radius 2 is 2.25 bits per heavy atom. The zero-order chi connectivity index (χ0) is 14.5. The number of nitrogen functional groups attached to an aromatic ring is 1. The van der Waals surface area contributed by atoms with Crippen LogP contribution in [0, 0.1) is 0 Å². The molecule has 0 bridgehead atoms. The van der Waals surface area contributed by atoms with Crippen molar-refractivity contribution in [3.05, 3.63) is 29.3 Å². The van der Waals surface area contributed by atoms with Crippen LogP contribution < -0.4 is 11.1 Å². The van der Waals surface area contributed by atoms with Gasteiger partial charge < -0.3 is 11.1 Å². The summed E-state index contributed by atoms with van der Waals surface area (Å²) in [6.45, 7) is 4.29. The molecule has 1 aliphatic rings. The molecule has 1 atom stereocenters. The standard InChI is InChI=1S/C16H25N3O/c1-3-14-6-4-5-9-19(14)11-13-8-7-12(10-15(13)17)16(20)18-2/h7-8,10,14H,3-6,9,11,17H2,1-2H3,(H,18,20). The highest BCUT2D eigenvalue weighted by Crippen LogP contribution is 2.24. The number of nitrogens with one attached hydrogen (secondary N) is 1. The number of nitrogens with zero attached hydrogens (tertiary/aromatic N) is 1. The summed E-state index contributed by atoms with van der Waals surface area (Å²) in [5, 5.41) is 2.62. The molecule has 110 valence electrons. The Morgan fingerprint density at radius 1 is 1.45 bits per heavy atom. The number of hydrogen-bond acceptors (Lipinski definition) is 3. The van der Waals surface area contributed by atoms with Crippen LogP contribution in [-0.2, 0) is 6.54 Å². The number of benzene rings is 1. The maximum absolute atomic E-state index is 11.6. The van der Waals surface area contributed by atoms with Gasteiger partial charge in [0.15, 0.2) is 0 Å². The average molecular weight is 275 g/mol. The van der Waals surface area contributed by atoms with E-state index >= 15 is 0 Å². The third-order valence-electron chi connectivity index (χ3n) is 4.23. The third-order valence-corrected chi connectivity index (χ3v) is 4.23. The molecule has 0 aliphatic carbocycles. The van der Waals surface area contributed by atoms with Crippen molar-refractivity contribution in [2.75, 3.05) is 19.3 Å². The molecule has 0 saturated carbocycles. The minimum atomic E-state index is -0.0901. The molecule has 1 unspecified atom stereocenters. The van der Waals surface area contributed by atoms with Gasteiger partial charge in [0.25, 0.3) is 5.91 Å². The van der Waals surface area contributed by atoms with E-state index < -0.39 is 0 Å². The molecule has 1 amide bonds. The molecule has 1 heterocycles. The number of amides is 1. The molecule has 2 rings (SSSR count). The van der Waals surface area contributed by atoms with Gasteiger partial charge in [-0.3, -0.25) is 9.69 Å². The van der Waals surface area contributed by atoms with Crippen LogP contribution in [0.3, 0.4) is 0 Å². The molecule has 4 heteroatoms. The summed E-state index contributed by atoms with van der Waals surface area (Å²) < 4.78 is 0. The van der Waals surface area contributed by atoms with Gasteiger partial charge in [0.1, 0.15) is 0 Å². The van der Waals surface area contributed by atoms with E-state index in [0.29, 0.717) is 17.3 Å². The van der Waals surface area contributed by atoms with E-state index in [-0.39, 0.29) is 5.91 Å². The van der Waals surface area contributed by atoms with E-state index in [1.165, 1.54) is 25.7 Å². The minimum absolute atomic E-state index is 0.0901. The fourth-order valence-electron chi connectivity index (χ4n) is 2.97. The molecule has 0 spiro atoms. The predicted octanol–water partition coefficient (Wildman–Crippen LogP) is 2.39. The van der Waals surface area contributed by atoms with Crippen molar-refractivity contribution in [1.82, 2.24) is 10.2 Å². The second-order valence-electron chi connectivity index (χ2n) is 5.52. The lowest BCUT2D eigenvalue weighted by atomic mass is 9.98. The van der Waals surface area contributed by atoms with Crippen molar-refractivity contribution in [2.24, 2.45) is 0 Å². The molecule has 0 radical (unpaired) electrons. The van der Waals surface area contributed by atoms with E-state index in [1.807, 2.05) is 12.1 Å². The second kappa shape index (κ2) is 6.75. The molecule has 1 aromatic carbocycles. The quantitative estimate of drug-likeness (QED) is 0.830. The lowest BCUT2D eigenvalue weighted by molar-refractivity contribution is 0.0963. The smallest absolute Gasteiger partial charge is 0.251 e. The van der Waals surface area contributed by atoms with Crippen molar-refractivity contribution in [2.45, 2.75) is 45.2 Å². The lowest BCUT2D eigenvalue weighted by Crippen LogP contribution is -2.38. The molecule has 4 nitrogen and oxygen atoms in total. The monoisotopic (exact) mass is 275 g/mol. The Bertz CT molecular complexity index is 473. The SMILES string of the molecule is CCC1CCCCN1Cc1ccc(C(=O)NC)cc1N. The van der Waals surface area contributed by atoms with Crippen molar-refractivity contribution in [1.29, 1.82) is 0 Å². The third kappa shape index (κ3) is 3.31. The zero-order valence-corrected chi connectivity index (χ0v) is 12.5. The van der Waals surface area contributed by atoms with Crippen molar-refractivity contribution >= 4 is 11.6 Å². The van der Waals surface area contributed by atoms with Crippen molar-refractivity contribution in [3.63, 3.8) is 0 Å². The number of carbonyl (C=O) groups is 1. The Labute approximate surface area is 121 Å². The average Bonchev–Trinajstić information content (AvgIpc) is 2.49. The fourth-order valence-corrected chi connectivity index (χ4v) is 2.97. The maximum atomic E-state index is 11.6. The molecular weight excluding hydrogens is 250 g/mol. The number of carbonyl (C=O) groups excluding carboxylic acids is 1. The van der Waals surface area contributed by atoms with Crippen LogP contribution in [0.15, 0.2) is 18.2 Å². The first-order valence-corrected chi connectivity index (χ1v) is 7.50. The Balaban J connectivity index is 2.11. The number of hydrogen-bond donors (Lipinski definition) is 2. The number of anilines is 1. The molecular formula is C16H25N3O. The van der Waals surface area contributed by atoms with E-state index in [4.69, 9.17) is 5.73 Å². The summed E-state index contributed by atoms with van der Waals surface area (Å²) in [7, 11) is 1.63. The van der Waals surface area contributed by atoms with E-state index in [9.17, 15) is 4.79 Å². The molecule has 1 fully saturated rings. The molecule has 1 aromatic rings. The summed E-state index contributed by atoms with van der Waals surface area (Å²) in [5.41, 5.74) is 8.57. The summed E-state index contributed by atoms with van der Waals surface area (Å²) in [6.07, 6.45) is 5.08. The first-order valence-electron chi connectivity index (χ1n) is 7.50. The van der Waals surface area contributed by atoms with Crippen LogP contribution >= 0.6 is 0 Å². The van der Waals surface area contributed by atoms with E-state index in [1.54, 1.807) is 13.1 Å². The molecule has 1 saturated heterocycles. The number of rotatable bonds is 4. The number of piperidine rings is 1. The van der Waals surface area contributed by atoms with Crippen LogP contribution in [0.5, 0.6) is 0 Å². The van der Waals surface area contributed by atoms with Crippen molar-refractivity contribution < 1.29 is 4.79 Å². The summed E-state index contributed by atoms with van der Waals surface area (Å²) in [4.78, 5) is 14.1. The highest BCUT2D eigenvalue weighted by atomic mass is 16.1. The largest absolute Gasteiger partial charge is 0.398 e. The molecule has 3 N–H and O–H groups in total. The van der Waals surface area contributed by atoms with Gasteiger partial charge in [0, 0.05) is 30.9 Å². The van der Waals surface area contributed by atoms with E-state index in [2.05, 4.69) is 17.1 Å². The van der Waals surface area contributed by atoms with Gasteiger partial charge in [-0.2, -0.15) is 0 Å². The van der Waals surface area contributed by atoms with Crippen molar-refractivity contribution in [3.8, 4) is 0 Å². The Hall–Kier alpha value is -1.55. The number of nitrogens with two attached hydrogens (primary N) is 1. The molecule has 20 heavy (non-hydrogen) atoms. The maximum Gasteiger partial charge on any atom is 0.251 e. The van der Waals surface area contributed by atoms with Crippen LogP contribution in [0.2, 0.25) is 0 Å². The summed E-state index contributed by atoms with van der Waals surface area (Å²) in [5.74, 6) is -0.0901. The molecule has 0 aromatic heterocycles. The van der Waals surface area contributed by atoms with Gasteiger partial charge in [0.2, 0.25) is 0 Å². The predicted molar refractivity (Wildman–Crippen MR) is 82.6 cm³/mol.